The summed E-state index contributed by atoms with van der Waals surface area (Å²) < 4.78 is 16.6. The van der Waals surface area contributed by atoms with Crippen molar-refractivity contribution in [3.8, 4) is 22.9 Å². The minimum atomic E-state index is -1.05. The Morgan fingerprint density at radius 3 is 2.18 bits per heavy atom. The number of fused-ring (bicyclic) bond motifs is 2. The van der Waals surface area contributed by atoms with Crippen LogP contribution in [0.15, 0.2) is 94.2 Å². The molecule has 192 valence electrons. The number of hydrogen-bond donors (Lipinski definition) is 1. The van der Waals surface area contributed by atoms with E-state index in [0.717, 1.165) is 16.6 Å². The number of rotatable bonds is 6. The number of para-hydroxylation sites is 1. The summed E-state index contributed by atoms with van der Waals surface area (Å²) in [5, 5.41) is 3.65. The fourth-order valence-electron chi connectivity index (χ4n) is 4.28. The van der Waals surface area contributed by atoms with Gasteiger partial charge in [0.2, 0.25) is 0 Å². The van der Waals surface area contributed by atoms with Gasteiger partial charge in [0.25, 0.3) is 5.91 Å². The van der Waals surface area contributed by atoms with Crippen molar-refractivity contribution in [2.75, 3.05) is 5.32 Å². The maximum absolute atomic E-state index is 13.0. The lowest BCUT2D eigenvalue weighted by Gasteiger charge is -2.15. The maximum atomic E-state index is 13.0. The van der Waals surface area contributed by atoms with E-state index in [9.17, 15) is 9.59 Å². The third-order valence-corrected chi connectivity index (χ3v) is 6.16. The van der Waals surface area contributed by atoms with Crippen LogP contribution in [-0.4, -0.2) is 32.9 Å². The highest BCUT2D eigenvalue weighted by Crippen LogP contribution is 2.32. The van der Waals surface area contributed by atoms with Crippen molar-refractivity contribution < 1.29 is 23.2 Å². The molecule has 0 aliphatic carbocycles. The van der Waals surface area contributed by atoms with Crippen molar-refractivity contribution in [1.29, 1.82) is 0 Å². The smallest absolute Gasteiger partial charge is 0.338 e. The van der Waals surface area contributed by atoms with Crippen LogP contribution in [0, 0.1) is 6.92 Å². The topological polar surface area (TPSA) is 120 Å². The van der Waals surface area contributed by atoms with Crippen molar-refractivity contribution in [3.63, 3.8) is 0 Å². The van der Waals surface area contributed by atoms with Gasteiger partial charge < -0.3 is 18.9 Å². The van der Waals surface area contributed by atoms with Crippen molar-refractivity contribution in [2.24, 2.45) is 0 Å². The molecule has 0 saturated heterocycles. The standard InChI is InChI=1S/C30H22N4O5/c1-17-15-23(20-7-3-4-8-21(20)31-17)34-29(35)18(2)39-30(36)19-11-12-22-24(16-19)33-28(26-10-6-14-38-26)27(32-22)25-9-5-13-37-25/h3-16,18H,1-2H3,(H,31,34,35). The predicted octanol–water partition coefficient (Wildman–Crippen LogP) is 6.19. The van der Waals surface area contributed by atoms with Crippen LogP contribution >= 0.6 is 0 Å². The van der Waals surface area contributed by atoms with Gasteiger partial charge in [-0.3, -0.25) is 9.78 Å². The van der Waals surface area contributed by atoms with Crippen LogP contribution < -0.4 is 5.32 Å². The molecule has 0 aliphatic heterocycles. The first-order valence-electron chi connectivity index (χ1n) is 12.2. The predicted molar refractivity (Wildman–Crippen MR) is 145 cm³/mol. The second-order valence-corrected chi connectivity index (χ2v) is 8.94. The second kappa shape index (κ2) is 9.86. The molecule has 6 aromatic rings. The summed E-state index contributed by atoms with van der Waals surface area (Å²) in [6.07, 6.45) is 2.05. The number of furan rings is 2. The minimum Gasteiger partial charge on any atom is -0.463 e. The van der Waals surface area contributed by atoms with E-state index in [2.05, 4.69) is 10.3 Å². The van der Waals surface area contributed by atoms with Gasteiger partial charge in [-0.1, -0.05) is 18.2 Å². The van der Waals surface area contributed by atoms with Crippen molar-refractivity contribution >= 4 is 39.5 Å². The Labute approximate surface area is 222 Å². The summed E-state index contributed by atoms with van der Waals surface area (Å²) in [6.45, 7) is 3.37. The molecule has 6 rings (SSSR count). The lowest BCUT2D eigenvalue weighted by molar-refractivity contribution is -0.123. The van der Waals surface area contributed by atoms with Gasteiger partial charge in [0, 0.05) is 11.1 Å². The Balaban J connectivity index is 1.25. The van der Waals surface area contributed by atoms with Gasteiger partial charge in [0.15, 0.2) is 17.6 Å². The lowest BCUT2D eigenvalue weighted by atomic mass is 10.1. The van der Waals surface area contributed by atoms with Crippen LogP contribution in [0.25, 0.3) is 44.8 Å². The second-order valence-electron chi connectivity index (χ2n) is 8.94. The van der Waals surface area contributed by atoms with E-state index in [1.807, 2.05) is 31.2 Å². The van der Waals surface area contributed by atoms with Gasteiger partial charge >= 0.3 is 5.97 Å². The zero-order chi connectivity index (χ0) is 26.9. The molecule has 4 heterocycles. The molecule has 0 radical (unpaired) electrons. The molecule has 1 unspecified atom stereocenters. The SMILES string of the molecule is Cc1cc(NC(=O)C(C)OC(=O)c2ccc3nc(-c4ccco4)c(-c4ccco4)nc3c2)c2ccccc2n1. The molecule has 9 nitrogen and oxygen atoms in total. The first-order chi connectivity index (χ1) is 19.0. The zero-order valence-corrected chi connectivity index (χ0v) is 21.0. The molecule has 1 N–H and O–H groups in total. The van der Waals surface area contributed by atoms with Gasteiger partial charge in [-0.05, 0) is 68.4 Å². The van der Waals surface area contributed by atoms with E-state index in [4.69, 9.17) is 23.5 Å². The first kappa shape index (κ1) is 24.1. The van der Waals surface area contributed by atoms with E-state index >= 15 is 0 Å². The van der Waals surface area contributed by atoms with Crippen molar-refractivity contribution in [1.82, 2.24) is 15.0 Å². The molecule has 39 heavy (non-hydrogen) atoms. The largest absolute Gasteiger partial charge is 0.463 e. The number of anilines is 1. The Morgan fingerprint density at radius 2 is 1.49 bits per heavy atom. The van der Waals surface area contributed by atoms with Crippen LogP contribution in [0.2, 0.25) is 0 Å². The number of esters is 1. The number of amides is 1. The first-order valence-corrected chi connectivity index (χ1v) is 12.2. The van der Waals surface area contributed by atoms with Gasteiger partial charge in [0.05, 0.1) is 40.3 Å². The van der Waals surface area contributed by atoms with Crippen LogP contribution in [0.5, 0.6) is 0 Å². The van der Waals surface area contributed by atoms with E-state index in [1.54, 1.807) is 61.1 Å². The number of nitrogens with one attached hydrogen (secondary N) is 1. The highest BCUT2D eigenvalue weighted by Gasteiger charge is 2.22. The Hall–Kier alpha value is -5.31. The maximum Gasteiger partial charge on any atom is 0.338 e. The van der Waals surface area contributed by atoms with E-state index < -0.39 is 18.0 Å². The molecule has 1 amide bonds. The third kappa shape index (κ3) is 4.73. The summed E-state index contributed by atoms with van der Waals surface area (Å²) in [4.78, 5) is 39.8. The number of pyridine rings is 1. The highest BCUT2D eigenvalue weighted by atomic mass is 16.5. The van der Waals surface area contributed by atoms with Crippen LogP contribution in [0.1, 0.15) is 23.0 Å². The molecule has 0 saturated carbocycles. The summed E-state index contributed by atoms with van der Waals surface area (Å²) in [6, 6.07) is 21.2. The van der Waals surface area contributed by atoms with Crippen molar-refractivity contribution in [2.45, 2.75) is 20.0 Å². The number of ether oxygens (including phenoxy) is 1. The Kier molecular flexibility index (Phi) is 6.08. The third-order valence-electron chi connectivity index (χ3n) is 6.16. The summed E-state index contributed by atoms with van der Waals surface area (Å²) in [5.74, 6) is -0.0705. The highest BCUT2D eigenvalue weighted by molar-refractivity contribution is 6.04. The number of benzene rings is 2. The van der Waals surface area contributed by atoms with Crippen molar-refractivity contribution in [3.05, 3.63) is 96.6 Å². The molecule has 1 atom stereocenters. The van der Waals surface area contributed by atoms with Gasteiger partial charge in [-0.25, -0.2) is 14.8 Å². The summed E-state index contributed by atoms with van der Waals surface area (Å²) in [5.41, 5.74) is 4.36. The van der Waals surface area contributed by atoms with E-state index in [0.29, 0.717) is 39.6 Å². The average Bonchev–Trinajstić information content (AvgIpc) is 3.67. The number of carbonyl (C=O) groups excluding carboxylic acids is 2. The Morgan fingerprint density at radius 1 is 0.795 bits per heavy atom. The summed E-state index contributed by atoms with van der Waals surface area (Å²) >= 11 is 0. The molecule has 2 aromatic carbocycles. The molecule has 0 aliphatic rings. The molecule has 0 fully saturated rings. The lowest BCUT2D eigenvalue weighted by Crippen LogP contribution is -2.30. The normalized spacial score (nSPS) is 11.9. The Bertz CT molecular complexity index is 1830. The number of carbonyl (C=O) groups is 2. The fraction of sp³-hybridized carbons (Fsp3) is 0.100. The number of hydrogen-bond acceptors (Lipinski definition) is 8. The zero-order valence-electron chi connectivity index (χ0n) is 21.0. The monoisotopic (exact) mass is 518 g/mol. The quantitative estimate of drug-likeness (QED) is 0.259. The van der Waals surface area contributed by atoms with E-state index in [-0.39, 0.29) is 5.56 Å². The average molecular weight is 519 g/mol. The minimum absolute atomic E-state index is 0.234. The van der Waals surface area contributed by atoms with Crippen LogP contribution in [-0.2, 0) is 9.53 Å². The molecule has 0 spiro atoms. The van der Waals surface area contributed by atoms with Gasteiger partial charge in [-0.15, -0.1) is 0 Å². The molecular weight excluding hydrogens is 496 g/mol. The van der Waals surface area contributed by atoms with Crippen LogP contribution in [0.3, 0.4) is 0 Å². The van der Waals surface area contributed by atoms with Gasteiger partial charge in [0.1, 0.15) is 11.4 Å². The van der Waals surface area contributed by atoms with Gasteiger partial charge in [-0.2, -0.15) is 0 Å². The van der Waals surface area contributed by atoms with E-state index in [1.165, 1.54) is 6.92 Å². The number of nitrogens with zero attached hydrogens (tertiary/aromatic N) is 3. The molecule has 4 aromatic heterocycles. The molecule has 0 bridgehead atoms. The number of aryl methyl sites for hydroxylation is 1. The fourth-order valence-corrected chi connectivity index (χ4v) is 4.28. The summed E-state index contributed by atoms with van der Waals surface area (Å²) in [7, 11) is 0. The molecular formula is C30H22N4O5. The van der Waals surface area contributed by atoms with Crippen LogP contribution in [0.4, 0.5) is 5.69 Å². The molecule has 9 heteroatoms. The number of aromatic nitrogens is 3.